The van der Waals surface area contributed by atoms with Crippen LogP contribution in [0.4, 0.5) is 0 Å². The van der Waals surface area contributed by atoms with E-state index in [4.69, 9.17) is 15.4 Å². The third kappa shape index (κ3) is 2.55. The molecule has 0 aliphatic carbocycles. The van der Waals surface area contributed by atoms with Crippen LogP contribution in [0.25, 0.3) is 0 Å². The number of rotatable bonds is 2. The third-order valence-corrected chi connectivity index (χ3v) is 3.06. The number of methoxy groups -OCH3 is 1. The van der Waals surface area contributed by atoms with Gasteiger partial charge in [0.2, 0.25) is 0 Å². The molecule has 0 saturated carbocycles. The molecule has 0 saturated heterocycles. The number of aromatic nitrogens is 1. The molecule has 0 radical (unpaired) electrons. The van der Waals surface area contributed by atoms with E-state index in [9.17, 15) is 8.42 Å². The Hall–Kier alpha value is -0.330. The standard InChI is InChI=1S/C6H5BrClNO3S/c1-12-4-3-9-6(7)2-5(4)13(8,10)11/h2-3H,1H3. The van der Waals surface area contributed by atoms with Crippen molar-refractivity contribution in [2.75, 3.05) is 7.11 Å². The average Bonchev–Trinajstić information content (AvgIpc) is 2.03. The van der Waals surface area contributed by atoms with Gasteiger partial charge < -0.3 is 4.74 Å². The molecule has 1 aromatic heterocycles. The van der Waals surface area contributed by atoms with Crippen LogP contribution in [0.2, 0.25) is 0 Å². The van der Waals surface area contributed by atoms with Gasteiger partial charge in [0, 0.05) is 10.7 Å². The van der Waals surface area contributed by atoms with Crippen molar-refractivity contribution in [1.82, 2.24) is 4.98 Å². The second-order valence-electron chi connectivity index (χ2n) is 2.10. The Kier molecular flexibility index (Phi) is 3.15. The van der Waals surface area contributed by atoms with Crippen LogP contribution >= 0.6 is 26.6 Å². The summed E-state index contributed by atoms with van der Waals surface area (Å²) >= 11 is 3.03. The van der Waals surface area contributed by atoms with E-state index in [1.807, 2.05) is 0 Å². The molecule has 0 fully saturated rings. The van der Waals surface area contributed by atoms with Crippen molar-refractivity contribution in [2.45, 2.75) is 4.90 Å². The molecule has 1 heterocycles. The maximum Gasteiger partial charge on any atom is 0.265 e. The second kappa shape index (κ2) is 3.81. The summed E-state index contributed by atoms with van der Waals surface area (Å²) in [6, 6.07) is 1.28. The van der Waals surface area contributed by atoms with Crippen molar-refractivity contribution in [2.24, 2.45) is 0 Å². The summed E-state index contributed by atoms with van der Waals surface area (Å²) in [5.74, 6) is 0.123. The lowest BCUT2D eigenvalue weighted by atomic mass is 10.5. The number of halogens is 2. The summed E-state index contributed by atoms with van der Waals surface area (Å²) in [7, 11) is 2.71. The first kappa shape index (κ1) is 10.7. The molecule has 0 aromatic carbocycles. The second-order valence-corrected chi connectivity index (χ2v) is 5.44. The van der Waals surface area contributed by atoms with E-state index >= 15 is 0 Å². The lowest BCUT2D eigenvalue weighted by molar-refractivity contribution is 0.401. The van der Waals surface area contributed by atoms with Crippen LogP contribution in [0.15, 0.2) is 21.8 Å². The minimum atomic E-state index is -3.79. The van der Waals surface area contributed by atoms with Gasteiger partial charge in [-0.1, -0.05) is 0 Å². The predicted octanol–water partition coefficient (Wildman–Crippen LogP) is 1.78. The van der Waals surface area contributed by atoms with Crippen LogP contribution in [0.5, 0.6) is 5.75 Å². The van der Waals surface area contributed by atoms with Gasteiger partial charge in [-0.3, -0.25) is 0 Å². The highest BCUT2D eigenvalue weighted by atomic mass is 79.9. The van der Waals surface area contributed by atoms with E-state index in [2.05, 4.69) is 20.9 Å². The van der Waals surface area contributed by atoms with Gasteiger partial charge in [-0.05, 0) is 22.0 Å². The van der Waals surface area contributed by atoms with Gasteiger partial charge in [-0.2, -0.15) is 0 Å². The van der Waals surface area contributed by atoms with Gasteiger partial charge in [0.1, 0.15) is 9.50 Å². The summed E-state index contributed by atoms with van der Waals surface area (Å²) < 4.78 is 27.2. The van der Waals surface area contributed by atoms with Gasteiger partial charge >= 0.3 is 0 Å². The Balaban J connectivity index is 3.41. The Morgan fingerprint density at radius 2 is 2.23 bits per heavy atom. The Morgan fingerprint density at radius 3 is 2.69 bits per heavy atom. The number of hydrogen-bond acceptors (Lipinski definition) is 4. The first-order valence-corrected chi connectivity index (χ1v) is 6.19. The van der Waals surface area contributed by atoms with Crippen LogP contribution in [-0.2, 0) is 9.05 Å². The van der Waals surface area contributed by atoms with E-state index < -0.39 is 9.05 Å². The summed E-state index contributed by atoms with van der Waals surface area (Å²) in [4.78, 5) is 3.69. The molecular weight excluding hydrogens is 281 g/mol. The van der Waals surface area contributed by atoms with Crippen molar-refractivity contribution in [3.05, 3.63) is 16.9 Å². The number of hydrogen-bond donors (Lipinski definition) is 0. The molecule has 1 rings (SSSR count). The molecular formula is C6H5BrClNO3S. The predicted molar refractivity (Wildman–Crippen MR) is 51.5 cm³/mol. The van der Waals surface area contributed by atoms with Crippen molar-refractivity contribution < 1.29 is 13.2 Å². The van der Waals surface area contributed by atoms with Gasteiger partial charge in [0.25, 0.3) is 9.05 Å². The molecule has 0 N–H and O–H groups in total. The highest BCUT2D eigenvalue weighted by Gasteiger charge is 2.17. The van der Waals surface area contributed by atoms with E-state index in [1.54, 1.807) is 0 Å². The molecule has 0 aliphatic rings. The highest BCUT2D eigenvalue weighted by molar-refractivity contribution is 9.10. The molecule has 13 heavy (non-hydrogen) atoms. The lowest BCUT2D eigenvalue weighted by Crippen LogP contribution is -1.97. The molecule has 0 atom stereocenters. The van der Waals surface area contributed by atoms with Gasteiger partial charge in [-0.15, -0.1) is 0 Å². The normalized spacial score (nSPS) is 11.3. The van der Waals surface area contributed by atoms with Gasteiger partial charge in [0.05, 0.1) is 13.3 Å². The summed E-state index contributed by atoms with van der Waals surface area (Å²) in [5.41, 5.74) is 0. The molecule has 0 amide bonds. The van der Waals surface area contributed by atoms with E-state index in [0.29, 0.717) is 4.60 Å². The Bertz CT molecular complexity index is 420. The SMILES string of the molecule is COc1cnc(Br)cc1S(=O)(=O)Cl. The Labute approximate surface area is 88.4 Å². The van der Waals surface area contributed by atoms with Gasteiger partial charge in [0.15, 0.2) is 5.75 Å². The van der Waals surface area contributed by atoms with Crippen LogP contribution < -0.4 is 4.74 Å². The third-order valence-electron chi connectivity index (χ3n) is 1.28. The minimum Gasteiger partial charge on any atom is -0.494 e. The maximum absolute atomic E-state index is 11.0. The van der Waals surface area contributed by atoms with Crippen LogP contribution in [-0.4, -0.2) is 20.5 Å². The van der Waals surface area contributed by atoms with E-state index in [1.165, 1.54) is 19.4 Å². The quantitative estimate of drug-likeness (QED) is 0.614. The van der Waals surface area contributed by atoms with E-state index in [0.717, 1.165) is 0 Å². The largest absolute Gasteiger partial charge is 0.494 e. The lowest BCUT2D eigenvalue weighted by Gasteiger charge is -2.04. The van der Waals surface area contributed by atoms with Crippen LogP contribution in [0.1, 0.15) is 0 Å². The van der Waals surface area contributed by atoms with Crippen molar-refractivity contribution in [1.29, 1.82) is 0 Å². The number of nitrogens with zero attached hydrogens (tertiary/aromatic N) is 1. The molecule has 4 nitrogen and oxygen atoms in total. The zero-order valence-electron chi connectivity index (χ0n) is 6.49. The fourth-order valence-corrected chi connectivity index (χ4v) is 2.22. The Morgan fingerprint density at radius 1 is 1.62 bits per heavy atom. The first-order valence-electron chi connectivity index (χ1n) is 3.09. The van der Waals surface area contributed by atoms with Crippen LogP contribution in [0.3, 0.4) is 0 Å². The molecule has 72 valence electrons. The summed E-state index contributed by atoms with van der Waals surface area (Å²) in [5, 5.41) is 0. The van der Waals surface area contributed by atoms with Crippen molar-refractivity contribution in [3.8, 4) is 5.75 Å². The molecule has 0 aliphatic heterocycles. The topological polar surface area (TPSA) is 56.3 Å². The van der Waals surface area contributed by atoms with Gasteiger partial charge in [-0.25, -0.2) is 13.4 Å². The first-order chi connectivity index (χ1) is 5.95. The number of ether oxygens (including phenoxy) is 1. The molecule has 0 unspecified atom stereocenters. The average molecular weight is 287 g/mol. The fourth-order valence-electron chi connectivity index (χ4n) is 0.744. The maximum atomic E-state index is 11.0. The number of pyridine rings is 1. The summed E-state index contributed by atoms with van der Waals surface area (Å²) in [6.45, 7) is 0. The van der Waals surface area contributed by atoms with Crippen molar-refractivity contribution >= 4 is 35.7 Å². The van der Waals surface area contributed by atoms with Crippen LogP contribution in [0, 0.1) is 0 Å². The zero-order valence-corrected chi connectivity index (χ0v) is 9.65. The molecule has 0 spiro atoms. The monoisotopic (exact) mass is 285 g/mol. The summed E-state index contributed by atoms with van der Waals surface area (Å²) in [6.07, 6.45) is 1.28. The van der Waals surface area contributed by atoms with Crippen molar-refractivity contribution in [3.63, 3.8) is 0 Å². The van der Waals surface area contributed by atoms with E-state index in [-0.39, 0.29) is 10.6 Å². The minimum absolute atomic E-state index is 0.0986. The smallest absolute Gasteiger partial charge is 0.265 e. The fraction of sp³-hybridized carbons (Fsp3) is 0.167. The highest BCUT2D eigenvalue weighted by Crippen LogP contribution is 2.27. The molecule has 7 heteroatoms. The molecule has 1 aromatic rings. The molecule has 0 bridgehead atoms. The zero-order chi connectivity index (χ0) is 10.1.